The quantitative estimate of drug-likeness (QED) is 0.918. The van der Waals surface area contributed by atoms with Gasteiger partial charge in [-0.2, -0.15) is 0 Å². The normalized spacial score (nSPS) is 14.7. The van der Waals surface area contributed by atoms with Crippen LogP contribution in [-0.4, -0.2) is 40.0 Å². The van der Waals surface area contributed by atoms with Gasteiger partial charge in [-0.05, 0) is 31.5 Å². The van der Waals surface area contributed by atoms with E-state index in [4.69, 9.17) is 16.7 Å². The third-order valence-corrected chi connectivity index (χ3v) is 4.12. The van der Waals surface area contributed by atoms with Crippen molar-refractivity contribution in [2.24, 2.45) is 0 Å². The van der Waals surface area contributed by atoms with Gasteiger partial charge in [-0.25, -0.2) is 4.79 Å². The summed E-state index contributed by atoms with van der Waals surface area (Å²) in [6.07, 6.45) is 1.92. The highest BCUT2D eigenvalue weighted by molar-refractivity contribution is 6.32. The number of amides is 1. The number of fused-ring (bicyclic) bond motifs is 1. The zero-order valence-corrected chi connectivity index (χ0v) is 13.3. The summed E-state index contributed by atoms with van der Waals surface area (Å²) >= 11 is 6.12. The lowest BCUT2D eigenvalue weighted by Crippen LogP contribution is -2.36. The Morgan fingerprint density at radius 3 is 2.74 bits per heavy atom. The van der Waals surface area contributed by atoms with E-state index in [-0.39, 0.29) is 12.5 Å². The zero-order chi connectivity index (χ0) is 16.6. The molecule has 1 aromatic carbocycles. The van der Waals surface area contributed by atoms with Crippen molar-refractivity contribution in [3.8, 4) is 0 Å². The van der Waals surface area contributed by atoms with Gasteiger partial charge in [0.15, 0.2) is 0 Å². The number of carboxylic acids is 1. The second-order valence-corrected chi connectivity index (χ2v) is 5.95. The van der Waals surface area contributed by atoms with Crippen molar-refractivity contribution in [1.29, 1.82) is 0 Å². The standard InChI is InChI=1S/C17H15ClN2O3/c1-10-2-3-12-8-13(18)9-14(15(12)19-10)16(21)20-6-4-11(5-7-20)17(22)23/h2-4,8-9H,5-7H2,1H3,(H,22,23). The maximum absolute atomic E-state index is 12.8. The Morgan fingerprint density at radius 2 is 2.09 bits per heavy atom. The molecule has 0 atom stereocenters. The van der Waals surface area contributed by atoms with Crippen LogP contribution in [0.15, 0.2) is 35.9 Å². The Bertz CT molecular complexity index is 845. The first-order valence-corrected chi connectivity index (χ1v) is 7.62. The van der Waals surface area contributed by atoms with Gasteiger partial charge >= 0.3 is 5.97 Å². The molecule has 0 radical (unpaired) electrons. The number of rotatable bonds is 2. The monoisotopic (exact) mass is 330 g/mol. The number of carboxylic acid groups (broad SMARTS) is 1. The van der Waals surface area contributed by atoms with Gasteiger partial charge in [0.2, 0.25) is 0 Å². The van der Waals surface area contributed by atoms with Crippen molar-refractivity contribution in [1.82, 2.24) is 9.88 Å². The van der Waals surface area contributed by atoms with Crippen LogP contribution in [0.4, 0.5) is 0 Å². The highest BCUT2D eigenvalue weighted by Crippen LogP contribution is 2.25. The number of aromatic nitrogens is 1. The molecule has 0 spiro atoms. The van der Waals surface area contributed by atoms with Crippen molar-refractivity contribution in [2.75, 3.05) is 13.1 Å². The third-order valence-electron chi connectivity index (χ3n) is 3.90. The first-order chi connectivity index (χ1) is 11.0. The van der Waals surface area contributed by atoms with Crippen LogP contribution < -0.4 is 0 Å². The van der Waals surface area contributed by atoms with Gasteiger partial charge in [0.25, 0.3) is 5.91 Å². The van der Waals surface area contributed by atoms with E-state index in [9.17, 15) is 9.59 Å². The summed E-state index contributed by atoms with van der Waals surface area (Å²) in [5, 5.41) is 10.3. The Kier molecular flexibility index (Phi) is 4.05. The van der Waals surface area contributed by atoms with E-state index in [1.54, 1.807) is 23.1 Å². The molecule has 2 aromatic rings. The molecular formula is C17H15ClN2O3. The van der Waals surface area contributed by atoms with E-state index in [1.165, 1.54) is 0 Å². The number of halogens is 1. The van der Waals surface area contributed by atoms with Crippen LogP contribution in [0.25, 0.3) is 10.9 Å². The first kappa shape index (κ1) is 15.5. The molecule has 0 aliphatic carbocycles. The van der Waals surface area contributed by atoms with Crippen LogP contribution in [0.1, 0.15) is 22.5 Å². The molecule has 2 heterocycles. The summed E-state index contributed by atoms with van der Waals surface area (Å²) in [4.78, 5) is 29.8. The van der Waals surface area contributed by atoms with Gasteiger partial charge in [0, 0.05) is 34.8 Å². The third kappa shape index (κ3) is 3.05. The van der Waals surface area contributed by atoms with Gasteiger partial charge in [0.1, 0.15) is 0 Å². The second-order valence-electron chi connectivity index (χ2n) is 5.51. The van der Waals surface area contributed by atoms with Crippen molar-refractivity contribution in [2.45, 2.75) is 13.3 Å². The number of carbonyl (C=O) groups excluding carboxylic acids is 1. The van der Waals surface area contributed by atoms with Gasteiger partial charge in [-0.3, -0.25) is 9.78 Å². The number of hydrogen-bond acceptors (Lipinski definition) is 3. The van der Waals surface area contributed by atoms with Gasteiger partial charge < -0.3 is 10.0 Å². The fraction of sp³-hybridized carbons (Fsp3) is 0.235. The Labute approximate surface area is 138 Å². The molecular weight excluding hydrogens is 316 g/mol. The van der Waals surface area contributed by atoms with E-state index >= 15 is 0 Å². The van der Waals surface area contributed by atoms with Crippen LogP contribution in [0, 0.1) is 6.92 Å². The smallest absolute Gasteiger partial charge is 0.331 e. The van der Waals surface area contributed by atoms with Crippen molar-refractivity contribution >= 4 is 34.4 Å². The van der Waals surface area contributed by atoms with Crippen LogP contribution in [0.3, 0.4) is 0 Å². The Balaban J connectivity index is 1.98. The molecule has 6 heteroatoms. The second kappa shape index (κ2) is 6.01. The first-order valence-electron chi connectivity index (χ1n) is 7.24. The summed E-state index contributed by atoms with van der Waals surface area (Å²) in [5.74, 6) is -1.11. The number of aryl methyl sites for hydroxylation is 1. The van der Waals surface area contributed by atoms with E-state index in [0.717, 1.165) is 11.1 Å². The maximum Gasteiger partial charge on any atom is 0.331 e. The van der Waals surface area contributed by atoms with E-state index in [2.05, 4.69) is 4.98 Å². The summed E-state index contributed by atoms with van der Waals surface area (Å²) in [6, 6.07) is 7.16. The van der Waals surface area contributed by atoms with Crippen molar-refractivity contribution < 1.29 is 14.7 Å². The van der Waals surface area contributed by atoms with Crippen molar-refractivity contribution in [3.05, 3.63) is 52.2 Å². The lowest BCUT2D eigenvalue weighted by molar-refractivity contribution is -0.133. The summed E-state index contributed by atoms with van der Waals surface area (Å²) in [5.41, 5.74) is 2.23. The predicted octanol–water partition coefficient (Wildman–Crippen LogP) is 3.05. The molecule has 1 N–H and O–H groups in total. The number of hydrogen-bond donors (Lipinski definition) is 1. The average Bonchev–Trinajstić information content (AvgIpc) is 2.54. The minimum absolute atomic E-state index is 0.184. The molecule has 1 aliphatic rings. The molecule has 0 unspecified atom stereocenters. The molecule has 118 valence electrons. The van der Waals surface area contributed by atoms with Crippen LogP contribution in [0.5, 0.6) is 0 Å². The molecule has 0 saturated heterocycles. The van der Waals surface area contributed by atoms with Crippen LogP contribution >= 0.6 is 11.6 Å². The molecule has 23 heavy (non-hydrogen) atoms. The Morgan fingerprint density at radius 1 is 1.30 bits per heavy atom. The van der Waals surface area contributed by atoms with Gasteiger partial charge in [-0.15, -0.1) is 0 Å². The van der Waals surface area contributed by atoms with E-state index in [1.807, 2.05) is 19.1 Å². The topological polar surface area (TPSA) is 70.5 Å². The number of pyridine rings is 1. The van der Waals surface area contributed by atoms with Crippen LogP contribution in [-0.2, 0) is 4.79 Å². The van der Waals surface area contributed by atoms with Gasteiger partial charge in [0.05, 0.1) is 11.1 Å². The largest absolute Gasteiger partial charge is 0.478 e. The minimum atomic E-state index is -0.928. The van der Waals surface area contributed by atoms with E-state index < -0.39 is 5.97 Å². The van der Waals surface area contributed by atoms with Crippen LogP contribution in [0.2, 0.25) is 5.02 Å². The SMILES string of the molecule is Cc1ccc2cc(Cl)cc(C(=O)N3CC=C(C(=O)O)CC3)c2n1. The summed E-state index contributed by atoms with van der Waals surface area (Å²) in [6.45, 7) is 2.52. The molecule has 1 amide bonds. The summed E-state index contributed by atoms with van der Waals surface area (Å²) < 4.78 is 0. The highest BCUT2D eigenvalue weighted by atomic mass is 35.5. The molecule has 1 aliphatic heterocycles. The molecule has 3 rings (SSSR count). The molecule has 0 fully saturated rings. The fourth-order valence-corrected chi connectivity index (χ4v) is 2.90. The maximum atomic E-state index is 12.8. The zero-order valence-electron chi connectivity index (χ0n) is 12.5. The molecule has 0 saturated carbocycles. The van der Waals surface area contributed by atoms with Gasteiger partial charge in [-0.1, -0.05) is 23.7 Å². The highest BCUT2D eigenvalue weighted by Gasteiger charge is 2.23. The number of carbonyl (C=O) groups is 2. The molecule has 1 aromatic heterocycles. The lowest BCUT2D eigenvalue weighted by Gasteiger charge is -2.25. The molecule has 0 bridgehead atoms. The lowest BCUT2D eigenvalue weighted by atomic mass is 10.0. The fourth-order valence-electron chi connectivity index (χ4n) is 2.68. The molecule has 5 nitrogen and oxygen atoms in total. The van der Waals surface area contributed by atoms with E-state index in [0.29, 0.717) is 34.6 Å². The number of nitrogens with zero attached hydrogens (tertiary/aromatic N) is 2. The predicted molar refractivity (Wildman–Crippen MR) is 87.7 cm³/mol. The minimum Gasteiger partial charge on any atom is -0.478 e. The number of aliphatic carboxylic acids is 1. The summed E-state index contributed by atoms with van der Waals surface area (Å²) in [7, 11) is 0. The van der Waals surface area contributed by atoms with Crippen molar-refractivity contribution in [3.63, 3.8) is 0 Å². The number of benzene rings is 1. The average molecular weight is 331 g/mol. The Hall–Kier alpha value is -2.40.